The molecule has 0 amide bonds. The standard InChI is InChI=1S/C10H13NO4S/c1-11-16(4,12,13)10-6-5-8(14-2)7-9(10)15-3/h1,5-7H,2-4H3/p+1. The van der Waals surface area contributed by atoms with E-state index in [0.29, 0.717) is 5.75 Å². The zero-order chi connectivity index (χ0) is 12.4. The van der Waals surface area contributed by atoms with Crippen molar-refractivity contribution in [2.75, 3.05) is 20.5 Å². The molecule has 0 aliphatic heterocycles. The number of hydrogen-bond donors (Lipinski definition) is 1. The summed E-state index contributed by atoms with van der Waals surface area (Å²) in [6.07, 6.45) is 1.06. The van der Waals surface area contributed by atoms with E-state index in [1.54, 1.807) is 0 Å². The lowest BCUT2D eigenvalue weighted by molar-refractivity contribution is 0.384. The van der Waals surface area contributed by atoms with E-state index in [1.807, 2.05) is 0 Å². The second kappa shape index (κ2) is 3.77. The smallest absolute Gasteiger partial charge is 0.301 e. The second-order valence-electron chi connectivity index (χ2n) is 3.35. The molecule has 6 heteroatoms. The summed E-state index contributed by atoms with van der Waals surface area (Å²) in [4.78, 5) is 0.0304. The first-order chi connectivity index (χ1) is 7.32. The maximum Gasteiger partial charge on any atom is 0.301 e. The number of nitrogens with zero attached hydrogens (tertiary/aromatic N) is 1. The van der Waals surface area contributed by atoms with Crippen LogP contribution in [0.25, 0.3) is 4.25 Å². The number of rotatable bonds is 3. The van der Waals surface area contributed by atoms with Crippen LogP contribution in [-0.4, -0.2) is 29.2 Å². The largest absolute Gasteiger partial charge is 0.497 e. The average Bonchev–Trinajstić information content (AvgIpc) is 2.27. The molecule has 0 saturated carbocycles. The van der Waals surface area contributed by atoms with Crippen molar-refractivity contribution in [1.29, 1.82) is 0 Å². The van der Waals surface area contributed by atoms with Crippen molar-refractivity contribution in [2.45, 2.75) is 4.90 Å². The van der Waals surface area contributed by atoms with E-state index in [4.69, 9.17) is 16.0 Å². The lowest BCUT2D eigenvalue weighted by atomic mass is 10.3. The van der Waals surface area contributed by atoms with Crippen molar-refractivity contribution in [3.8, 4) is 18.1 Å². The van der Waals surface area contributed by atoms with E-state index in [0.717, 1.165) is 6.26 Å². The van der Waals surface area contributed by atoms with Crippen LogP contribution in [0, 0.1) is 6.57 Å². The molecule has 0 saturated heterocycles. The van der Waals surface area contributed by atoms with Crippen molar-refractivity contribution in [3.05, 3.63) is 22.4 Å². The first-order valence-corrected chi connectivity index (χ1v) is 6.65. The summed E-state index contributed by atoms with van der Waals surface area (Å²) >= 11 is 0. The lowest BCUT2D eigenvalue weighted by Gasteiger charge is -2.23. The molecule has 16 heavy (non-hydrogen) atoms. The Morgan fingerprint density at radius 3 is 2.44 bits per heavy atom. The molecule has 1 aromatic carbocycles. The van der Waals surface area contributed by atoms with E-state index in [9.17, 15) is 8.76 Å². The number of benzene rings is 1. The maximum atomic E-state index is 12.1. The summed E-state index contributed by atoms with van der Waals surface area (Å²) in [5.41, 5.74) is 0. The molecular formula is C10H14NO4S+. The van der Waals surface area contributed by atoms with Gasteiger partial charge >= 0.3 is 6.57 Å². The SMILES string of the molecule is C#[N+]S(C)(=O)(O)c1ccc(OC)cc1OC. The molecule has 0 radical (unpaired) electrons. The van der Waals surface area contributed by atoms with Gasteiger partial charge < -0.3 is 9.47 Å². The van der Waals surface area contributed by atoms with Gasteiger partial charge in [0.1, 0.15) is 5.75 Å². The van der Waals surface area contributed by atoms with Crippen LogP contribution in [0.15, 0.2) is 23.1 Å². The minimum Gasteiger partial charge on any atom is -0.497 e. The zero-order valence-corrected chi connectivity index (χ0v) is 10.2. The Kier molecular flexibility index (Phi) is 2.95. The normalized spacial score (nSPS) is 13.3. The van der Waals surface area contributed by atoms with Gasteiger partial charge in [-0.2, -0.15) is 0 Å². The van der Waals surface area contributed by atoms with Crippen molar-refractivity contribution in [2.24, 2.45) is 0 Å². The van der Waals surface area contributed by atoms with Crippen LogP contribution in [0.4, 0.5) is 0 Å². The molecule has 0 fully saturated rings. The van der Waals surface area contributed by atoms with Gasteiger partial charge in [-0.1, -0.05) is 0 Å². The Bertz CT molecular complexity index is 512. The predicted molar refractivity (Wildman–Crippen MR) is 62.8 cm³/mol. The fourth-order valence-electron chi connectivity index (χ4n) is 1.22. The quantitative estimate of drug-likeness (QED) is 0.881. The summed E-state index contributed by atoms with van der Waals surface area (Å²) in [7, 11) is -1.52. The molecule has 1 aromatic rings. The number of hydrogen-bond acceptors (Lipinski definition) is 3. The molecule has 5 nitrogen and oxygen atoms in total. The summed E-state index contributed by atoms with van der Waals surface area (Å²) in [5.74, 6) is 0.719. The summed E-state index contributed by atoms with van der Waals surface area (Å²) in [5, 5.41) is 0. The zero-order valence-electron chi connectivity index (χ0n) is 9.34. The van der Waals surface area contributed by atoms with E-state index < -0.39 is 9.53 Å². The van der Waals surface area contributed by atoms with Gasteiger partial charge in [0.25, 0.3) is 0 Å². The Morgan fingerprint density at radius 2 is 2.00 bits per heavy atom. The van der Waals surface area contributed by atoms with Gasteiger partial charge in [0.05, 0.1) is 34.3 Å². The van der Waals surface area contributed by atoms with E-state index in [2.05, 4.69) is 4.25 Å². The molecule has 0 heterocycles. The summed E-state index contributed by atoms with van der Waals surface area (Å²) in [6, 6.07) is 4.44. The molecule has 0 aromatic heterocycles. The van der Waals surface area contributed by atoms with Gasteiger partial charge in [-0.25, -0.2) is 4.55 Å². The minimum atomic E-state index is -4.40. The lowest BCUT2D eigenvalue weighted by Crippen LogP contribution is -2.25. The molecule has 0 aliphatic rings. The highest BCUT2D eigenvalue weighted by atomic mass is 32.3. The first kappa shape index (κ1) is 12.5. The van der Waals surface area contributed by atoms with E-state index in [1.165, 1.54) is 32.4 Å². The van der Waals surface area contributed by atoms with Crippen molar-refractivity contribution >= 4 is 9.53 Å². The third-order valence-electron chi connectivity index (χ3n) is 2.13. The molecule has 0 aliphatic carbocycles. The van der Waals surface area contributed by atoms with Crippen LogP contribution < -0.4 is 9.47 Å². The van der Waals surface area contributed by atoms with Gasteiger partial charge in [-0.15, -0.1) is 4.21 Å². The molecule has 1 N–H and O–H groups in total. The van der Waals surface area contributed by atoms with Gasteiger partial charge in [0, 0.05) is 6.07 Å². The number of ether oxygens (including phenoxy) is 2. The van der Waals surface area contributed by atoms with Crippen LogP contribution in [0.5, 0.6) is 11.5 Å². The van der Waals surface area contributed by atoms with Gasteiger partial charge in [-0.3, -0.25) is 0 Å². The fraction of sp³-hybridized carbons (Fsp3) is 0.300. The van der Waals surface area contributed by atoms with Crippen LogP contribution in [0.2, 0.25) is 0 Å². The van der Waals surface area contributed by atoms with Crippen LogP contribution >= 0.6 is 0 Å². The molecule has 0 unspecified atom stereocenters. The third kappa shape index (κ3) is 2.15. The molecular weight excluding hydrogens is 230 g/mol. The topological polar surface area (TPSA) is 60.1 Å². The summed E-state index contributed by atoms with van der Waals surface area (Å²) < 4.78 is 35.0. The monoisotopic (exact) mass is 244 g/mol. The van der Waals surface area contributed by atoms with Crippen molar-refractivity contribution in [3.63, 3.8) is 0 Å². The highest BCUT2D eigenvalue weighted by molar-refractivity contribution is 8.16. The Morgan fingerprint density at radius 1 is 1.38 bits per heavy atom. The van der Waals surface area contributed by atoms with Crippen LogP contribution in [0.1, 0.15) is 0 Å². The van der Waals surface area contributed by atoms with Crippen molar-refractivity contribution in [1.82, 2.24) is 0 Å². The summed E-state index contributed by atoms with van der Waals surface area (Å²) in [6.45, 7) is 4.99. The number of methoxy groups -OCH3 is 2. The van der Waals surface area contributed by atoms with Crippen molar-refractivity contribution < 1.29 is 18.2 Å². The van der Waals surface area contributed by atoms with Gasteiger partial charge in [-0.05, 0) is 12.1 Å². The maximum absolute atomic E-state index is 12.1. The predicted octanol–water partition coefficient (Wildman–Crippen LogP) is 1.86. The second-order valence-corrected chi connectivity index (χ2v) is 6.47. The van der Waals surface area contributed by atoms with E-state index in [-0.39, 0.29) is 10.6 Å². The van der Waals surface area contributed by atoms with Crippen LogP contribution in [-0.2, 0) is 9.53 Å². The fourth-order valence-corrected chi connectivity index (χ4v) is 2.32. The highest BCUT2D eigenvalue weighted by Crippen LogP contribution is 2.39. The Labute approximate surface area is 94.2 Å². The average molecular weight is 244 g/mol. The third-order valence-corrected chi connectivity index (χ3v) is 3.97. The molecule has 1 rings (SSSR count). The van der Waals surface area contributed by atoms with E-state index >= 15 is 0 Å². The first-order valence-electron chi connectivity index (χ1n) is 4.37. The van der Waals surface area contributed by atoms with Gasteiger partial charge in [0.2, 0.25) is 0 Å². The van der Waals surface area contributed by atoms with Crippen LogP contribution in [0.3, 0.4) is 0 Å². The molecule has 0 bridgehead atoms. The van der Waals surface area contributed by atoms with Gasteiger partial charge in [0.15, 0.2) is 10.6 Å². The highest BCUT2D eigenvalue weighted by Gasteiger charge is 2.35. The molecule has 88 valence electrons. The minimum absolute atomic E-state index is 0.0304. The molecule has 0 spiro atoms. The Balaban J connectivity index is 3.49. The molecule has 0 atom stereocenters. The Hall–Kier alpha value is -1.58.